The minimum absolute atomic E-state index is 0. The minimum Gasteiger partial charge on any atom is -0.393 e. The lowest BCUT2D eigenvalue weighted by molar-refractivity contribution is 0.0677. The zero-order valence-corrected chi connectivity index (χ0v) is 5.88. The van der Waals surface area contributed by atoms with Crippen LogP contribution in [0.4, 0.5) is 0 Å². The van der Waals surface area contributed by atoms with E-state index in [-0.39, 0.29) is 13.5 Å². The summed E-state index contributed by atoms with van der Waals surface area (Å²) in [4.78, 5) is 0. The van der Waals surface area contributed by atoms with E-state index in [9.17, 15) is 5.11 Å². The van der Waals surface area contributed by atoms with Gasteiger partial charge in [-0.3, -0.25) is 0 Å². The van der Waals surface area contributed by atoms with Crippen LogP contribution >= 0.6 is 0 Å². The SMILES string of the molecule is C.CC1C2CCC(C2)C1O. The number of aliphatic hydroxyl groups excluding tert-OH is 1. The Morgan fingerprint density at radius 3 is 2.10 bits per heavy atom. The predicted octanol–water partition coefficient (Wildman–Crippen LogP) is 2.05. The van der Waals surface area contributed by atoms with Gasteiger partial charge in [0.2, 0.25) is 0 Å². The second kappa shape index (κ2) is 2.54. The van der Waals surface area contributed by atoms with Crippen molar-refractivity contribution in [2.75, 3.05) is 0 Å². The Balaban J connectivity index is 0.000000500. The van der Waals surface area contributed by atoms with E-state index >= 15 is 0 Å². The quantitative estimate of drug-likeness (QED) is 0.549. The third kappa shape index (κ3) is 0.878. The Morgan fingerprint density at radius 2 is 1.80 bits per heavy atom. The van der Waals surface area contributed by atoms with E-state index in [1.165, 1.54) is 19.3 Å². The molecule has 2 saturated carbocycles. The van der Waals surface area contributed by atoms with Gasteiger partial charge in [0.05, 0.1) is 6.10 Å². The molecule has 0 aromatic rings. The fraction of sp³-hybridized carbons (Fsp3) is 1.00. The molecule has 2 rings (SSSR count). The lowest BCUT2D eigenvalue weighted by Gasteiger charge is -2.22. The number of rotatable bonds is 0. The Morgan fingerprint density at radius 1 is 1.20 bits per heavy atom. The van der Waals surface area contributed by atoms with Gasteiger partial charge in [0, 0.05) is 0 Å². The van der Waals surface area contributed by atoms with Crippen molar-refractivity contribution >= 4 is 0 Å². The zero-order chi connectivity index (χ0) is 6.43. The van der Waals surface area contributed by atoms with Crippen LogP contribution in [-0.4, -0.2) is 11.2 Å². The summed E-state index contributed by atoms with van der Waals surface area (Å²) in [5, 5.41) is 9.49. The summed E-state index contributed by atoms with van der Waals surface area (Å²) >= 11 is 0. The molecule has 0 aromatic heterocycles. The van der Waals surface area contributed by atoms with Gasteiger partial charge in [0.15, 0.2) is 0 Å². The molecular weight excluding hydrogens is 124 g/mol. The Labute approximate surface area is 63.4 Å². The van der Waals surface area contributed by atoms with Gasteiger partial charge >= 0.3 is 0 Å². The molecule has 0 radical (unpaired) electrons. The first kappa shape index (κ1) is 8.06. The third-order valence-corrected chi connectivity index (χ3v) is 3.28. The molecule has 60 valence electrons. The highest BCUT2D eigenvalue weighted by Gasteiger charge is 2.43. The molecule has 0 spiro atoms. The maximum atomic E-state index is 9.49. The van der Waals surface area contributed by atoms with Crippen molar-refractivity contribution in [2.24, 2.45) is 17.8 Å². The molecular formula is C9H18O. The lowest BCUT2D eigenvalue weighted by Crippen LogP contribution is -2.24. The normalized spacial score (nSPS) is 51.0. The van der Waals surface area contributed by atoms with Gasteiger partial charge in [-0.15, -0.1) is 0 Å². The molecule has 2 aliphatic carbocycles. The monoisotopic (exact) mass is 142 g/mol. The highest BCUT2D eigenvalue weighted by atomic mass is 16.3. The summed E-state index contributed by atoms with van der Waals surface area (Å²) in [6.45, 7) is 2.19. The third-order valence-electron chi connectivity index (χ3n) is 3.28. The van der Waals surface area contributed by atoms with Gasteiger partial charge in [0.1, 0.15) is 0 Å². The molecule has 1 heteroatoms. The number of hydrogen-bond acceptors (Lipinski definition) is 1. The Kier molecular flexibility index (Phi) is 2.04. The smallest absolute Gasteiger partial charge is 0.0596 e. The summed E-state index contributed by atoms with van der Waals surface area (Å²) in [5.41, 5.74) is 0. The molecule has 2 fully saturated rings. The van der Waals surface area contributed by atoms with Gasteiger partial charge in [-0.05, 0) is 37.0 Å². The molecule has 0 aromatic carbocycles. The molecule has 4 atom stereocenters. The van der Waals surface area contributed by atoms with E-state index in [0.29, 0.717) is 11.8 Å². The van der Waals surface area contributed by atoms with Crippen molar-refractivity contribution in [3.05, 3.63) is 0 Å². The number of fused-ring (bicyclic) bond motifs is 2. The molecule has 1 nitrogen and oxygen atoms in total. The summed E-state index contributed by atoms with van der Waals surface area (Å²) in [6.07, 6.45) is 4.02. The first-order valence-electron chi connectivity index (χ1n) is 3.97. The zero-order valence-electron chi connectivity index (χ0n) is 5.88. The first-order valence-corrected chi connectivity index (χ1v) is 3.97. The standard InChI is InChI=1S/C8H14O.CH4/c1-5-6-2-3-7(4-6)8(5)9;/h5-9H,2-4H2,1H3;1H4. The predicted molar refractivity (Wildman–Crippen MR) is 42.7 cm³/mol. The second-order valence-corrected chi connectivity index (χ2v) is 3.68. The average molecular weight is 142 g/mol. The van der Waals surface area contributed by atoms with Crippen LogP contribution in [0.25, 0.3) is 0 Å². The number of hydrogen-bond donors (Lipinski definition) is 1. The van der Waals surface area contributed by atoms with E-state index in [4.69, 9.17) is 0 Å². The van der Waals surface area contributed by atoms with Gasteiger partial charge in [0.25, 0.3) is 0 Å². The topological polar surface area (TPSA) is 20.2 Å². The van der Waals surface area contributed by atoms with Gasteiger partial charge < -0.3 is 5.11 Å². The van der Waals surface area contributed by atoms with Crippen molar-refractivity contribution in [3.8, 4) is 0 Å². The summed E-state index contributed by atoms with van der Waals surface area (Å²) in [6, 6.07) is 0. The fourth-order valence-corrected chi connectivity index (χ4v) is 2.55. The van der Waals surface area contributed by atoms with Crippen LogP contribution in [0.5, 0.6) is 0 Å². The van der Waals surface area contributed by atoms with Gasteiger partial charge in [-0.25, -0.2) is 0 Å². The molecule has 2 bridgehead atoms. The van der Waals surface area contributed by atoms with Crippen LogP contribution in [-0.2, 0) is 0 Å². The van der Waals surface area contributed by atoms with Gasteiger partial charge in [-0.1, -0.05) is 14.4 Å². The van der Waals surface area contributed by atoms with E-state index < -0.39 is 0 Å². The fourth-order valence-electron chi connectivity index (χ4n) is 2.55. The summed E-state index contributed by atoms with van der Waals surface area (Å²) < 4.78 is 0. The maximum Gasteiger partial charge on any atom is 0.0596 e. The van der Waals surface area contributed by atoms with E-state index in [1.54, 1.807) is 0 Å². The van der Waals surface area contributed by atoms with Crippen LogP contribution in [0, 0.1) is 17.8 Å². The van der Waals surface area contributed by atoms with E-state index in [1.807, 2.05) is 0 Å². The van der Waals surface area contributed by atoms with Crippen LogP contribution < -0.4 is 0 Å². The summed E-state index contributed by atoms with van der Waals surface area (Å²) in [7, 11) is 0. The van der Waals surface area contributed by atoms with Crippen molar-refractivity contribution in [3.63, 3.8) is 0 Å². The molecule has 10 heavy (non-hydrogen) atoms. The average Bonchev–Trinajstić information content (AvgIpc) is 2.37. The highest BCUT2D eigenvalue weighted by molar-refractivity contribution is 4.94. The molecule has 0 amide bonds. The summed E-state index contributed by atoms with van der Waals surface area (Å²) in [5.74, 6) is 2.14. The van der Waals surface area contributed by atoms with E-state index in [0.717, 1.165) is 5.92 Å². The van der Waals surface area contributed by atoms with Gasteiger partial charge in [-0.2, -0.15) is 0 Å². The van der Waals surface area contributed by atoms with E-state index in [2.05, 4.69) is 6.92 Å². The van der Waals surface area contributed by atoms with Crippen LogP contribution in [0.15, 0.2) is 0 Å². The minimum atomic E-state index is 0. The van der Waals surface area contributed by atoms with Crippen molar-refractivity contribution in [2.45, 2.75) is 39.7 Å². The largest absolute Gasteiger partial charge is 0.393 e. The van der Waals surface area contributed by atoms with Crippen molar-refractivity contribution < 1.29 is 5.11 Å². The molecule has 2 aliphatic rings. The lowest BCUT2D eigenvalue weighted by atomic mass is 9.88. The molecule has 0 saturated heterocycles. The molecule has 4 unspecified atom stereocenters. The highest BCUT2D eigenvalue weighted by Crippen LogP contribution is 2.47. The molecule has 0 heterocycles. The molecule has 0 aliphatic heterocycles. The van der Waals surface area contributed by atoms with Crippen molar-refractivity contribution in [1.82, 2.24) is 0 Å². The first-order chi connectivity index (χ1) is 4.29. The van der Waals surface area contributed by atoms with Crippen LogP contribution in [0.2, 0.25) is 0 Å². The Hall–Kier alpha value is -0.0400. The second-order valence-electron chi connectivity index (χ2n) is 3.68. The Bertz CT molecular complexity index is 104. The van der Waals surface area contributed by atoms with Crippen LogP contribution in [0.3, 0.4) is 0 Å². The van der Waals surface area contributed by atoms with Crippen LogP contribution in [0.1, 0.15) is 33.6 Å². The maximum absolute atomic E-state index is 9.49. The number of aliphatic hydroxyl groups is 1. The van der Waals surface area contributed by atoms with Crippen molar-refractivity contribution in [1.29, 1.82) is 0 Å². The molecule has 1 N–H and O–H groups in total.